The first kappa shape index (κ1) is 31.1. The summed E-state index contributed by atoms with van der Waals surface area (Å²) in [5.74, 6) is -0.0283. The van der Waals surface area contributed by atoms with Gasteiger partial charge >= 0.3 is 0 Å². The molecule has 2 amide bonds. The van der Waals surface area contributed by atoms with Crippen molar-refractivity contribution in [2.75, 3.05) is 10.6 Å². The molecular weight excluding hydrogens is 596 g/mol. The molecule has 4 heterocycles. The highest BCUT2D eigenvalue weighted by Crippen LogP contribution is 2.25. The minimum absolute atomic E-state index is 0.118. The molecule has 0 aliphatic heterocycles. The third-order valence-corrected chi connectivity index (χ3v) is 7.87. The van der Waals surface area contributed by atoms with Crippen molar-refractivity contribution in [2.24, 2.45) is 0 Å². The lowest BCUT2D eigenvalue weighted by atomic mass is 10.1. The molecule has 0 saturated heterocycles. The fourth-order valence-electron chi connectivity index (χ4n) is 5.70. The second-order valence-electron chi connectivity index (χ2n) is 11.2. The van der Waals surface area contributed by atoms with Crippen LogP contribution in [0.15, 0.2) is 66.7 Å². The Morgan fingerprint density at radius 1 is 0.723 bits per heavy atom. The molecule has 6 aromatic rings. The highest BCUT2D eigenvalue weighted by Gasteiger charge is 2.21. The van der Waals surface area contributed by atoms with Crippen LogP contribution in [0.3, 0.4) is 0 Å². The van der Waals surface area contributed by atoms with Crippen molar-refractivity contribution in [2.45, 2.75) is 60.8 Å². The smallest absolute Gasteiger partial charge is 0.276 e. The number of carbonyl (C=O) groups excluding carboxylic acids is 3. The first-order valence-corrected chi connectivity index (χ1v) is 15.5. The molecule has 0 spiro atoms. The maximum atomic E-state index is 13.4. The third kappa shape index (κ3) is 6.07. The Balaban J connectivity index is 1.30. The Bertz CT molecular complexity index is 2180. The Morgan fingerprint density at radius 3 is 1.83 bits per heavy atom. The first-order valence-electron chi connectivity index (χ1n) is 15.5. The largest absolute Gasteiger partial charge is 0.306 e. The molecule has 0 radical (unpaired) electrons. The van der Waals surface area contributed by atoms with E-state index in [1.54, 1.807) is 33.6 Å². The number of nitrogens with zero attached hydrogens (tertiary/aromatic N) is 8. The summed E-state index contributed by atoms with van der Waals surface area (Å²) in [4.78, 5) is 48.5. The number of fused-ring (bicyclic) bond motifs is 2. The zero-order valence-corrected chi connectivity index (χ0v) is 27.0. The highest BCUT2D eigenvalue weighted by atomic mass is 16.2. The quantitative estimate of drug-likeness (QED) is 0.144. The summed E-state index contributed by atoms with van der Waals surface area (Å²) >= 11 is 0. The molecule has 13 heteroatoms. The van der Waals surface area contributed by atoms with Crippen LogP contribution in [0.1, 0.15) is 63.5 Å². The molecule has 4 aromatic heterocycles. The number of rotatable bonds is 11. The van der Waals surface area contributed by atoms with E-state index in [0.29, 0.717) is 66.1 Å². The SMILES string of the molecule is CCn1nc(C)cc1C(=O)Nc1nc2ccccc2n1CC=CCn1c(NC(=O)c2cc(C)nn2CC)nc2c(C(C)=O)cccc21. The fraction of sp³-hybridized carbons (Fsp3) is 0.265. The normalized spacial score (nSPS) is 11.6. The number of para-hydroxylation sites is 3. The average molecular weight is 633 g/mol. The van der Waals surface area contributed by atoms with Crippen molar-refractivity contribution in [3.05, 3.63) is 95.1 Å². The third-order valence-electron chi connectivity index (χ3n) is 7.87. The molecule has 0 unspecified atom stereocenters. The second kappa shape index (κ2) is 12.9. The standard InChI is InChI=1S/C34H36N10O3/c1-6-43-28(19-21(3)39-43)31(46)37-33-35-25-14-8-9-15-26(25)41(33)17-10-11-18-42-27-16-12-13-24(23(5)45)30(27)36-34(42)38-32(47)29-20-22(4)40-44(29)7-2/h8-16,19-20H,6-7,17-18H2,1-5H3,(H,35,37,46)(H,36,38,47). The number of allylic oxidation sites excluding steroid dienone is 2. The van der Waals surface area contributed by atoms with Gasteiger partial charge in [0.25, 0.3) is 11.8 Å². The maximum Gasteiger partial charge on any atom is 0.276 e. The first-order chi connectivity index (χ1) is 22.7. The van der Waals surface area contributed by atoms with E-state index in [2.05, 4.69) is 20.8 Å². The van der Waals surface area contributed by atoms with Crippen molar-refractivity contribution in [1.82, 2.24) is 38.7 Å². The molecule has 2 aromatic carbocycles. The molecule has 0 aliphatic rings. The van der Waals surface area contributed by atoms with Gasteiger partial charge in [-0.1, -0.05) is 30.4 Å². The van der Waals surface area contributed by atoms with E-state index in [0.717, 1.165) is 22.4 Å². The zero-order chi connectivity index (χ0) is 33.2. The van der Waals surface area contributed by atoms with Crippen LogP contribution in [-0.4, -0.2) is 56.3 Å². The molecular formula is C34H36N10O3. The maximum absolute atomic E-state index is 13.4. The van der Waals surface area contributed by atoms with Crippen molar-refractivity contribution in [3.63, 3.8) is 0 Å². The predicted molar refractivity (Wildman–Crippen MR) is 180 cm³/mol. The minimum atomic E-state index is -0.345. The summed E-state index contributed by atoms with van der Waals surface area (Å²) in [6.07, 6.45) is 3.92. The molecule has 2 N–H and O–H groups in total. The number of anilines is 2. The number of ketones is 1. The number of hydrogen-bond donors (Lipinski definition) is 2. The average Bonchev–Trinajstić information content (AvgIpc) is 3.81. The monoisotopic (exact) mass is 632 g/mol. The number of carbonyl (C=O) groups is 3. The summed E-state index contributed by atoms with van der Waals surface area (Å²) in [5, 5.41) is 14.7. The van der Waals surface area contributed by atoms with E-state index in [1.807, 2.05) is 79.3 Å². The number of hydrogen-bond acceptors (Lipinski definition) is 7. The fourth-order valence-corrected chi connectivity index (χ4v) is 5.70. The van der Waals surface area contributed by atoms with Crippen molar-refractivity contribution in [1.29, 1.82) is 0 Å². The molecule has 6 rings (SSSR count). The minimum Gasteiger partial charge on any atom is -0.306 e. The molecule has 47 heavy (non-hydrogen) atoms. The summed E-state index contributed by atoms with van der Waals surface area (Å²) in [6.45, 7) is 10.9. The number of Topliss-reactive ketones (excluding diaryl/α,β-unsaturated/α-hetero) is 1. The Kier molecular flexibility index (Phi) is 8.53. The van der Waals surface area contributed by atoms with E-state index in [-0.39, 0.29) is 17.6 Å². The van der Waals surface area contributed by atoms with Gasteiger partial charge in [0, 0.05) is 31.7 Å². The van der Waals surface area contributed by atoms with Crippen molar-refractivity contribution >= 4 is 51.6 Å². The summed E-state index contributed by atoms with van der Waals surface area (Å²) < 4.78 is 7.10. The van der Waals surface area contributed by atoms with Crippen LogP contribution < -0.4 is 10.6 Å². The molecule has 0 bridgehead atoms. The van der Waals surface area contributed by atoms with Crippen LogP contribution in [-0.2, 0) is 26.2 Å². The molecule has 13 nitrogen and oxygen atoms in total. The number of imidazole rings is 2. The van der Waals surface area contributed by atoms with E-state index in [1.165, 1.54) is 6.92 Å². The summed E-state index contributed by atoms with van der Waals surface area (Å²) in [5.41, 5.74) is 5.69. The number of nitrogens with one attached hydrogen (secondary N) is 2. The van der Waals surface area contributed by atoms with Crippen LogP contribution in [0.2, 0.25) is 0 Å². The van der Waals surface area contributed by atoms with Gasteiger partial charge in [0.15, 0.2) is 5.78 Å². The van der Waals surface area contributed by atoms with Gasteiger partial charge in [-0.2, -0.15) is 10.2 Å². The molecule has 0 atom stereocenters. The van der Waals surface area contributed by atoms with Gasteiger partial charge in [-0.25, -0.2) is 9.97 Å². The Labute approximate surface area is 270 Å². The lowest BCUT2D eigenvalue weighted by molar-refractivity contribution is 0.100. The number of aromatic nitrogens is 8. The zero-order valence-electron chi connectivity index (χ0n) is 27.0. The topological polar surface area (TPSA) is 147 Å². The predicted octanol–water partition coefficient (Wildman–Crippen LogP) is 5.40. The lowest BCUT2D eigenvalue weighted by Crippen LogP contribution is -2.20. The van der Waals surface area contributed by atoms with Crippen LogP contribution >= 0.6 is 0 Å². The van der Waals surface area contributed by atoms with Crippen LogP contribution in [0, 0.1) is 13.8 Å². The highest BCUT2D eigenvalue weighted by molar-refractivity contribution is 6.07. The van der Waals surface area contributed by atoms with Gasteiger partial charge in [0.05, 0.1) is 27.9 Å². The van der Waals surface area contributed by atoms with Crippen molar-refractivity contribution in [3.8, 4) is 0 Å². The number of benzene rings is 2. The summed E-state index contributed by atoms with van der Waals surface area (Å²) in [6, 6.07) is 16.6. The molecule has 240 valence electrons. The Hall–Kier alpha value is -5.85. The van der Waals surface area contributed by atoms with E-state index in [4.69, 9.17) is 9.97 Å². The van der Waals surface area contributed by atoms with Crippen molar-refractivity contribution < 1.29 is 14.4 Å². The van der Waals surface area contributed by atoms with Crippen LogP contribution in [0.5, 0.6) is 0 Å². The van der Waals surface area contributed by atoms with Gasteiger partial charge in [0.2, 0.25) is 11.9 Å². The van der Waals surface area contributed by atoms with E-state index >= 15 is 0 Å². The van der Waals surface area contributed by atoms with Crippen LogP contribution in [0.25, 0.3) is 22.1 Å². The lowest BCUT2D eigenvalue weighted by Gasteiger charge is -2.10. The number of amides is 2. The van der Waals surface area contributed by atoms with Gasteiger partial charge in [-0.3, -0.25) is 34.4 Å². The summed E-state index contributed by atoms with van der Waals surface area (Å²) in [7, 11) is 0. The van der Waals surface area contributed by atoms with Gasteiger partial charge < -0.3 is 9.13 Å². The molecule has 0 saturated carbocycles. The molecule has 0 aliphatic carbocycles. The molecule has 0 fully saturated rings. The van der Waals surface area contributed by atoms with Gasteiger partial charge in [0.1, 0.15) is 16.9 Å². The van der Waals surface area contributed by atoms with Gasteiger partial charge in [-0.05, 0) is 71.0 Å². The number of aryl methyl sites for hydroxylation is 4. The van der Waals surface area contributed by atoms with Gasteiger partial charge in [-0.15, -0.1) is 0 Å². The second-order valence-corrected chi connectivity index (χ2v) is 11.2. The van der Waals surface area contributed by atoms with Crippen LogP contribution in [0.4, 0.5) is 11.9 Å². The van der Waals surface area contributed by atoms with E-state index < -0.39 is 0 Å². The Morgan fingerprint density at radius 2 is 1.26 bits per heavy atom. The van der Waals surface area contributed by atoms with E-state index in [9.17, 15) is 14.4 Å².